The zero-order chi connectivity index (χ0) is 17.7. The molecule has 1 fully saturated rings. The Balaban J connectivity index is 2.79. The predicted molar refractivity (Wildman–Crippen MR) is 83.5 cm³/mol. The lowest BCUT2D eigenvalue weighted by molar-refractivity contribution is -0.0590. The second-order valence-electron chi connectivity index (χ2n) is 6.52. The molecule has 8 heteroatoms. The van der Waals surface area contributed by atoms with Gasteiger partial charge in [-0.1, -0.05) is 13.8 Å². The van der Waals surface area contributed by atoms with Crippen molar-refractivity contribution in [2.75, 3.05) is 26.0 Å². The van der Waals surface area contributed by atoms with Crippen molar-refractivity contribution in [2.24, 2.45) is 11.8 Å². The molecular weight excluding hydrogens is 326 g/mol. The van der Waals surface area contributed by atoms with E-state index in [0.717, 1.165) is 4.31 Å². The Morgan fingerprint density at radius 3 is 2.57 bits per heavy atom. The maximum absolute atomic E-state index is 14.0. The van der Waals surface area contributed by atoms with Crippen LogP contribution in [0.4, 0.5) is 8.78 Å². The third-order valence-corrected chi connectivity index (χ3v) is 6.16. The molecule has 0 spiro atoms. The fourth-order valence-electron chi connectivity index (χ4n) is 2.84. The largest absolute Gasteiger partial charge is 0.380 e. The van der Waals surface area contributed by atoms with Gasteiger partial charge in [0.25, 0.3) is 5.92 Å². The standard InChI is InChI=1S/C15H26F2N2O3S/c1-12(2)10-14(22-3)11-23(20,21)19-8-5-13(4-7-18)15(16,17)6-9-19/h12-14H,4-6,8-11H2,1-3H3. The highest BCUT2D eigenvalue weighted by atomic mass is 32.2. The van der Waals surface area contributed by atoms with Gasteiger partial charge in [-0.05, 0) is 18.8 Å². The van der Waals surface area contributed by atoms with Crippen molar-refractivity contribution in [3.8, 4) is 6.07 Å². The molecule has 0 aromatic heterocycles. The molecule has 0 aromatic carbocycles. The van der Waals surface area contributed by atoms with E-state index in [-0.39, 0.29) is 37.6 Å². The zero-order valence-electron chi connectivity index (χ0n) is 14.0. The van der Waals surface area contributed by atoms with E-state index in [0.29, 0.717) is 6.42 Å². The maximum Gasteiger partial charge on any atom is 0.253 e. The van der Waals surface area contributed by atoms with Gasteiger partial charge >= 0.3 is 0 Å². The number of rotatable bonds is 7. The molecule has 1 heterocycles. The first-order valence-corrected chi connectivity index (χ1v) is 9.48. The van der Waals surface area contributed by atoms with Gasteiger partial charge < -0.3 is 4.74 Å². The summed E-state index contributed by atoms with van der Waals surface area (Å²) in [7, 11) is -2.20. The molecule has 1 aliphatic rings. The van der Waals surface area contributed by atoms with E-state index < -0.39 is 34.4 Å². The molecule has 0 aliphatic carbocycles. The summed E-state index contributed by atoms with van der Waals surface area (Å²) in [5.74, 6) is -4.00. The van der Waals surface area contributed by atoms with Crippen molar-refractivity contribution in [2.45, 2.75) is 51.6 Å². The van der Waals surface area contributed by atoms with Gasteiger partial charge in [-0.3, -0.25) is 0 Å². The fraction of sp³-hybridized carbons (Fsp3) is 0.933. The number of hydrogen-bond donors (Lipinski definition) is 0. The molecule has 23 heavy (non-hydrogen) atoms. The summed E-state index contributed by atoms with van der Waals surface area (Å²) in [5.41, 5.74) is 0. The van der Waals surface area contributed by atoms with Gasteiger partial charge in [0.1, 0.15) is 0 Å². The number of halogens is 2. The summed E-state index contributed by atoms with van der Waals surface area (Å²) >= 11 is 0. The molecule has 0 radical (unpaired) electrons. The van der Waals surface area contributed by atoms with Crippen LogP contribution in [-0.2, 0) is 14.8 Å². The van der Waals surface area contributed by atoms with Crippen molar-refractivity contribution in [3.05, 3.63) is 0 Å². The monoisotopic (exact) mass is 352 g/mol. The predicted octanol–water partition coefficient (Wildman–Crippen LogP) is 2.64. The second kappa shape index (κ2) is 8.36. The van der Waals surface area contributed by atoms with Crippen LogP contribution in [0.2, 0.25) is 0 Å². The summed E-state index contributed by atoms with van der Waals surface area (Å²) in [6, 6.07) is 1.77. The Morgan fingerprint density at radius 1 is 1.39 bits per heavy atom. The summed E-state index contributed by atoms with van der Waals surface area (Å²) in [4.78, 5) is 0. The molecule has 0 bridgehead atoms. The van der Waals surface area contributed by atoms with Crippen LogP contribution in [0.1, 0.15) is 39.5 Å². The molecule has 5 nitrogen and oxygen atoms in total. The normalized spacial score (nSPS) is 24.1. The minimum Gasteiger partial charge on any atom is -0.380 e. The SMILES string of the molecule is COC(CC(C)C)CS(=O)(=O)N1CCC(CC#N)C(F)(F)CC1. The Hall–Kier alpha value is -0.780. The maximum atomic E-state index is 14.0. The highest BCUT2D eigenvalue weighted by Gasteiger charge is 2.43. The van der Waals surface area contributed by atoms with Gasteiger partial charge in [-0.2, -0.15) is 5.26 Å². The lowest BCUT2D eigenvalue weighted by Gasteiger charge is -2.24. The van der Waals surface area contributed by atoms with E-state index in [1.807, 2.05) is 13.8 Å². The average molecular weight is 352 g/mol. The van der Waals surface area contributed by atoms with Gasteiger partial charge in [-0.15, -0.1) is 0 Å². The Morgan fingerprint density at radius 2 is 2.04 bits per heavy atom. The van der Waals surface area contributed by atoms with Crippen LogP contribution in [0.5, 0.6) is 0 Å². The molecule has 1 aliphatic heterocycles. The van der Waals surface area contributed by atoms with Crippen molar-refractivity contribution in [1.29, 1.82) is 5.26 Å². The third kappa shape index (κ3) is 5.98. The van der Waals surface area contributed by atoms with Crippen LogP contribution in [-0.4, -0.2) is 50.7 Å². The molecule has 0 saturated carbocycles. The summed E-state index contributed by atoms with van der Waals surface area (Å²) in [6.45, 7) is 3.76. The van der Waals surface area contributed by atoms with Crippen LogP contribution >= 0.6 is 0 Å². The summed E-state index contributed by atoms with van der Waals surface area (Å²) in [5, 5.41) is 8.67. The summed E-state index contributed by atoms with van der Waals surface area (Å²) in [6.07, 6.45) is -0.646. The first kappa shape index (κ1) is 20.3. The van der Waals surface area contributed by atoms with E-state index in [4.69, 9.17) is 10.00 Å². The second-order valence-corrected chi connectivity index (χ2v) is 8.54. The summed E-state index contributed by atoms with van der Waals surface area (Å²) < 4.78 is 59.3. The van der Waals surface area contributed by atoms with E-state index in [1.54, 1.807) is 6.07 Å². The van der Waals surface area contributed by atoms with E-state index in [9.17, 15) is 17.2 Å². The molecule has 0 aromatic rings. The molecular formula is C15H26F2N2O3S. The number of nitriles is 1. The van der Waals surface area contributed by atoms with Gasteiger partial charge in [-0.25, -0.2) is 21.5 Å². The molecule has 134 valence electrons. The fourth-order valence-corrected chi connectivity index (χ4v) is 4.54. The van der Waals surface area contributed by atoms with Crippen LogP contribution < -0.4 is 0 Å². The van der Waals surface area contributed by atoms with Gasteiger partial charge in [0.2, 0.25) is 10.0 Å². The molecule has 2 atom stereocenters. The zero-order valence-corrected chi connectivity index (χ0v) is 14.8. The third-order valence-electron chi connectivity index (χ3n) is 4.21. The van der Waals surface area contributed by atoms with Crippen LogP contribution in [0.15, 0.2) is 0 Å². The van der Waals surface area contributed by atoms with Gasteiger partial charge in [0.15, 0.2) is 0 Å². The van der Waals surface area contributed by atoms with Gasteiger partial charge in [0.05, 0.1) is 17.9 Å². The van der Waals surface area contributed by atoms with E-state index >= 15 is 0 Å². The van der Waals surface area contributed by atoms with Crippen LogP contribution in [0.25, 0.3) is 0 Å². The quantitative estimate of drug-likeness (QED) is 0.706. The average Bonchev–Trinajstić information content (AvgIpc) is 2.58. The van der Waals surface area contributed by atoms with Crippen molar-refractivity contribution >= 4 is 10.0 Å². The lowest BCUT2D eigenvalue weighted by Crippen LogP contribution is -2.38. The van der Waals surface area contributed by atoms with Gasteiger partial charge in [0, 0.05) is 39.0 Å². The van der Waals surface area contributed by atoms with E-state index in [2.05, 4.69) is 0 Å². The van der Waals surface area contributed by atoms with Crippen LogP contribution in [0.3, 0.4) is 0 Å². The molecule has 2 unspecified atom stereocenters. The lowest BCUT2D eigenvalue weighted by atomic mass is 9.94. The number of sulfonamides is 1. The number of methoxy groups -OCH3 is 1. The van der Waals surface area contributed by atoms with Crippen LogP contribution in [0, 0.1) is 23.2 Å². The first-order chi connectivity index (χ1) is 10.6. The Labute approximate surface area is 137 Å². The topological polar surface area (TPSA) is 70.4 Å². The van der Waals surface area contributed by atoms with Crippen molar-refractivity contribution in [3.63, 3.8) is 0 Å². The number of ether oxygens (including phenoxy) is 1. The number of nitrogens with zero attached hydrogens (tertiary/aromatic N) is 2. The molecule has 0 amide bonds. The Kier molecular flexibility index (Phi) is 7.36. The molecule has 1 rings (SSSR count). The number of alkyl halides is 2. The first-order valence-electron chi connectivity index (χ1n) is 7.87. The molecule has 1 saturated heterocycles. The van der Waals surface area contributed by atoms with E-state index in [1.165, 1.54) is 7.11 Å². The van der Waals surface area contributed by atoms with Crippen molar-refractivity contribution < 1.29 is 21.9 Å². The minimum absolute atomic E-state index is 0.00161. The highest BCUT2D eigenvalue weighted by Crippen LogP contribution is 2.36. The number of hydrogen-bond acceptors (Lipinski definition) is 4. The molecule has 0 N–H and O–H groups in total. The minimum atomic E-state index is -3.66. The van der Waals surface area contributed by atoms with Crippen molar-refractivity contribution in [1.82, 2.24) is 4.31 Å². The highest BCUT2D eigenvalue weighted by molar-refractivity contribution is 7.89. The Bertz CT molecular complexity index is 517. The smallest absolute Gasteiger partial charge is 0.253 e.